The zero-order valence-corrected chi connectivity index (χ0v) is 16.6. The fourth-order valence-electron chi connectivity index (χ4n) is 3.37. The molecule has 3 amide bonds. The zero-order valence-electron chi connectivity index (χ0n) is 16.6. The molecule has 0 radical (unpaired) electrons. The Bertz CT molecular complexity index is 1130. The Hall–Kier alpha value is -3.93. The maximum Gasteiger partial charge on any atom is 0.266 e. The first-order valence-corrected chi connectivity index (χ1v) is 9.52. The Morgan fingerprint density at radius 2 is 1.57 bits per heavy atom. The van der Waals surface area contributed by atoms with Crippen LogP contribution in [0.25, 0.3) is 0 Å². The van der Waals surface area contributed by atoms with Crippen molar-refractivity contribution in [2.24, 2.45) is 0 Å². The Kier molecular flexibility index (Phi) is 5.06. The van der Waals surface area contributed by atoms with E-state index in [1.54, 1.807) is 48.5 Å². The summed E-state index contributed by atoms with van der Waals surface area (Å²) in [5.74, 6) is -0.435. The molecule has 3 aromatic carbocycles. The summed E-state index contributed by atoms with van der Waals surface area (Å²) in [7, 11) is 0. The van der Waals surface area contributed by atoms with Gasteiger partial charge in [0, 0.05) is 5.69 Å². The van der Waals surface area contributed by atoms with Gasteiger partial charge in [-0.05, 0) is 61.4 Å². The summed E-state index contributed by atoms with van der Waals surface area (Å²) >= 11 is 0. The van der Waals surface area contributed by atoms with E-state index >= 15 is 0 Å². The van der Waals surface area contributed by atoms with Gasteiger partial charge < -0.3 is 10.1 Å². The van der Waals surface area contributed by atoms with Crippen LogP contribution in [0.2, 0.25) is 0 Å². The summed E-state index contributed by atoms with van der Waals surface area (Å²) in [5, 5.41) is 2.75. The van der Waals surface area contributed by atoms with Gasteiger partial charge in [0.05, 0.1) is 16.8 Å². The quantitative estimate of drug-likeness (QED) is 0.654. The maximum atomic E-state index is 12.7. The van der Waals surface area contributed by atoms with Crippen LogP contribution < -0.4 is 15.0 Å². The number of nitrogens with zero attached hydrogens (tertiary/aromatic N) is 1. The normalized spacial score (nSPS) is 12.7. The second-order valence-corrected chi connectivity index (χ2v) is 7.08. The third kappa shape index (κ3) is 3.55. The fourth-order valence-corrected chi connectivity index (χ4v) is 3.37. The highest BCUT2D eigenvalue weighted by molar-refractivity contribution is 6.34. The van der Waals surface area contributed by atoms with Crippen LogP contribution in [0.1, 0.15) is 31.8 Å². The number of aryl methyl sites for hydroxylation is 1. The molecule has 1 aliphatic rings. The molecule has 1 aliphatic heterocycles. The third-order valence-electron chi connectivity index (χ3n) is 5.10. The van der Waals surface area contributed by atoms with Crippen molar-refractivity contribution in [1.29, 1.82) is 0 Å². The summed E-state index contributed by atoms with van der Waals surface area (Å²) < 4.78 is 5.63. The molecular formula is C24H20N2O4. The number of anilines is 2. The molecule has 0 bridgehead atoms. The van der Waals surface area contributed by atoms with Crippen molar-refractivity contribution in [2.45, 2.75) is 13.8 Å². The lowest BCUT2D eigenvalue weighted by atomic mass is 10.1. The Morgan fingerprint density at radius 1 is 0.900 bits per heavy atom. The summed E-state index contributed by atoms with van der Waals surface area (Å²) in [6, 6.07) is 19.0. The molecule has 0 aromatic heterocycles. The van der Waals surface area contributed by atoms with E-state index in [0.29, 0.717) is 28.3 Å². The second kappa shape index (κ2) is 7.83. The van der Waals surface area contributed by atoms with E-state index in [0.717, 1.165) is 16.0 Å². The fraction of sp³-hybridized carbons (Fsp3) is 0.125. The van der Waals surface area contributed by atoms with Crippen LogP contribution in [-0.2, 0) is 4.79 Å². The van der Waals surface area contributed by atoms with E-state index in [9.17, 15) is 14.4 Å². The standard InChI is InChI=1S/C24H20N2O4/c1-15-7-5-12-21(16(15)2)30-14-22(27)25-17-8-6-9-18(13-17)26-23(28)19-10-3-4-11-20(19)24(26)29/h3-13H,14H2,1-2H3,(H,25,27). The van der Waals surface area contributed by atoms with Crippen molar-refractivity contribution in [1.82, 2.24) is 0 Å². The van der Waals surface area contributed by atoms with Gasteiger partial charge in [-0.1, -0.05) is 30.3 Å². The summed E-state index contributed by atoms with van der Waals surface area (Å²) in [5.41, 5.74) is 3.69. The van der Waals surface area contributed by atoms with Crippen LogP contribution in [0.15, 0.2) is 66.7 Å². The van der Waals surface area contributed by atoms with Crippen LogP contribution in [0.4, 0.5) is 11.4 Å². The lowest BCUT2D eigenvalue weighted by Gasteiger charge is -2.15. The highest BCUT2D eigenvalue weighted by Gasteiger charge is 2.36. The molecule has 6 nitrogen and oxygen atoms in total. The highest BCUT2D eigenvalue weighted by atomic mass is 16.5. The zero-order chi connectivity index (χ0) is 21.3. The summed E-state index contributed by atoms with van der Waals surface area (Å²) in [6.07, 6.45) is 0. The number of ether oxygens (including phenoxy) is 1. The van der Waals surface area contributed by atoms with Gasteiger partial charge in [0.25, 0.3) is 17.7 Å². The molecule has 0 saturated carbocycles. The molecule has 150 valence electrons. The molecule has 0 unspecified atom stereocenters. The first-order valence-electron chi connectivity index (χ1n) is 9.52. The highest BCUT2D eigenvalue weighted by Crippen LogP contribution is 2.29. The lowest BCUT2D eigenvalue weighted by Crippen LogP contribution is -2.29. The first-order chi connectivity index (χ1) is 14.5. The monoisotopic (exact) mass is 400 g/mol. The first kappa shape index (κ1) is 19.4. The van der Waals surface area contributed by atoms with Crippen LogP contribution in [0.5, 0.6) is 5.75 Å². The smallest absolute Gasteiger partial charge is 0.266 e. The lowest BCUT2D eigenvalue weighted by molar-refractivity contribution is -0.118. The van der Waals surface area contributed by atoms with Crippen LogP contribution in [0, 0.1) is 13.8 Å². The van der Waals surface area contributed by atoms with Gasteiger partial charge >= 0.3 is 0 Å². The molecule has 0 atom stereocenters. The SMILES string of the molecule is Cc1cccc(OCC(=O)Nc2cccc(N3C(=O)c4ccccc4C3=O)c2)c1C. The van der Waals surface area contributed by atoms with E-state index in [1.165, 1.54) is 0 Å². The Morgan fingerprint density at radius 3 is 2.27 bits per heavy atom. The average molecular weight is 400 g/mol. The van der Waals surface area contributed by atoms with Gasteiger partial charge in [0.2, 0.25) is 0 Å². The van der Waals surface area contributed by atoms with Crippen molar-refractivity contribution < 1.29 is 19.1 Å². The molecule has 1 heterocycles. The van der Waals surface area contributed by atoms with Gasteiger partial charge in [-0.15, -0.1) is 0 Å². The van der Waals surface area contributed by atoms with Crippen molar-refractivity contribution in [3.8, 4) is 5.75 Å². The number of benzene rings is 3. The predicted molar refractivity (Wildman–Crippen MR) is 114 cm³/mol. The minimum atomic E-state index is -0.377. The second-order valence-electron chi connectivity index (χ2n) is 7.08. The molecule has 0 fully saturated rings. The molecular weight excluding hydrogens is 380 g/mol. The van der Waals surface area contributed by atoms with Crippen molar-refractivity contribution >= 4 is 29.1 Å². The molecule has 3 aromatic rings. The molecule has 1 N–H and O–H groups in total. The number of nitrogens with one attached hydrogen (secondary N) is 1. The predicted octanol–water partition coefficient (Wildman–Crippen LogP) is 4.12. The van der Waals surface area contributed by atoms with Gasteiger partial charge in [-0.2, -0.15) is 0 Å². The molecule has 6 heteroatoms. The topological polar surface area (TPSA) is 75.7 Å². The number of amides is 3. The van der Waals surface area contributed by atoms with Gasteiger partial charge in [-0.25, -0.2) is 4.90 Å². The van der Waals surface area contributed by atoms with Gasteiger partial charge in [0.1, 0.15) is 5.75 Å². The van der Waals surface area contributed by atoms with Gasteiger partial charge in [0.15, 0.2) is 6.61 Å². The number of fused-ring (bicyclic) bond motifs is 1. The largest absolute Gasteiger partial charge is 0.483 e. The number of carbonyl (C=O) groups excluding carboxylic acids is 3. The van der Waals surface area contributed by atoms with Crippen molar-refractivity contribution in [3.05, 3.63) is 89.0 Å². The number of imide groups is 1. The Labute approximate surface area is 174 Å². The molecule has 4 rings (SSSR count). The summed E-state index contributed by atoms with van der Waals surface area (Å²) in [6.45, 7) is 3.77. The van der Waals surface area contributed by atoms with Crippen LogP contribution in [0.3, 0.4) is 0 Å². The molecule has 0 spiro atoms. The minimum Gasteiger partial charge on any atom is -0.483 e. The molecule has 0 aliphatic carbocycles. The summed E-state index contributed by atoms with van der Waals surface area (Å²) in [4.78, 5) is 38.8. The van der Waals surface area contributed by atoms with E-state index in [2.05, 4.69) is 5.32 Å². The maximum absolute atomic E-state index is 12.7. The van der Waals surface area contributed by atoms with E-state index < -0.39 is 0 Å². The van der Waals surface area contributed by atoms with Crippen LogP contribution in [-0.4, -0.2) is 24.3 Å². The average Bonchev–Trinajstić information content (AvgIpc) is 3.00. The van der Waals surface area contributed by atoms with E-state index in [4.69, 9.17) is 4.74 Å². The number of rotatable bonds is 5. The molecule has 30 heavy (non-hydrogen) atoms. The van der Waals surface area contributed by atoms with Gasteiger partial charge in [-0.3, -0.25) is 14.4 Å². The number of hydrogen-bond donors (Lipinski definition) is 1. The molecule has 0 saturated heterocycles. The van der Waals surface area contributed by atoms with Crippen LogP contribution >= 0.6 is 0 Å². The number of carbonyl (C=O) groups is 3. The van der Waals surface area contributed by atoms with E-state index in [-0.39, 0.29) is 24.3 Å². The van der Waals surface area contributed by atoms with E-state index in [1.807, 2.05) is 32.0 Å². The minimum absolute atomic E-state index is 0.151. The van der Waals surface area contributed by atoms with Crippen molar-refractivity contribution in [3.63, 3.8) is 0 Å². The third-order valence-corrected chi connectivity index (χ3v) is 5.10. The Balaban J connectivity index is 1.46. The van der Waals surface area contributed by atoms with Crippen molar-refractivity contribution in [2.75, 3.05) is 16.8 Å². The number of hydrogen-bond acceptors (Lipinski definition) is 4.